The van der Waals surface area contributed by atoms with Gasteiger partial charge >= 0.3 is 6.03 Å². The lowest BCUT2D eigenvalue weighted by molar-refractivity contribution is 0.246. The summed E-state index contributed by atoms with van der Waals surface area (Å²) >= 11 is 0. The Morgan fingerprint density at radius 3 is 2.39 bits per heavy atom. The second-order valence-electron chi connectivity index (χ2n) is 9.89. The van der Waals surface area contributed by atoms with Gasteiger partial charge in [-0.25, -0.2) is 9.78 Å². The molecule has 0 spiro atoms. The summed E-state index contributed by atoms with van der Waals surface area (Å²) in [7, 11) is 4.00. The van der Waals surface area contributed by atoms with Crippen molar-refractivity contribution < 1.29 is 9.53 Å². The highest BCUT2D eigenvalue weighted by Crippen LogP contribution is 2.30. The highest BCUT2D eigenvalue weighted by molar-refractivity contribution is 5.91. The normalized spacial score (nSPS) is 17.0. The Morgan fingerprint density at radius 2 is 1.61 bits per heavy atom. The summed E-state index contributed by atoms with van der Waals surface area (Å²) in [5, 5.41) is 10.6. The number of anilines is 3. The van der Waals surface area contributed by atoms with Crippen molar-refractivity contribution in [3.8, 4) is 11.5 Å². The van der Waals surface area contributed by atoms with E-state index in [-0.39, 0.29) is 6.03 Å². The molecule has 38 heavy (non-hydrogen) atoms. The Labute approximate surface area is 223 Å². The van der Waals surface area contributed by atoms with E-state index in [0.717, 1.165) is 48.2 Å². The molecule has 8 heteroatoms. The van der Waals surface area contributed by atoms with Crippen LogP contribution >= 0.6 is 0 Å². The summed E-state index contributed by atoms with van der Waals surface area (Å²) < 4.78 is 5.95. The van der Waals surface area contributed by atoms with Crippen LogP contribution in [0.15, 0.2) is 78.9 Å². The van der Waals surface area contributed by atoms with Gasteiger partial charge in [-0.2, -0.15) is 4.98 Å². The molecular formula is C30H34N6O2. The molecule has 1 aromatic heterocycles. The average molecular weight is 511 g/mol. The third-order valence-corrected chi connectivity index (χ3v) is 6.84. The van der Waals surface area contributed by atoms with Gasteiger partial charge in [0, 0.05) is 32.1 Å². The number of carbonyl (C=O) groups is 1. The summed E-state index contributed by atoms with van der Waals surface area (Å²) in [6, 6.07) is 25.2. The molecule has 1 aliphatic rings. The minimum Gasteiger partial charge on any atom is -0.455 e. The van der Waals surface area contributed by atoms with E-state index in [0.29, 0.717) is 35.9 Å². The maximum absolute atomic E-state index is 12.6. The van der Waals surface area contributed by atoms with Gasteiger partial charge in [0.2, 0.25) is 5.95 Å². The molecule has 5 rings (SSSR count). The highest BCUT2D eigenvalue weighted by Gasteiger charge is 2.23. The van der Waals surface area contributed by atoms with Crippen molar-refractivity contribution in [1.82, 2.24) is 15.3 Å². The van der Waals surface area contributed by atoms with Gasteiger partial charge in [0.1, 0.15) is 11.6 Å². The van der Waals surface area contributed by atoms with Gasteiger partial charge in [0.05, 0.1) is 11.2 Å². The first kappa shape index (κ1) is 25.3. The summed E-state index contributed by atoms with van der Waals surface area (Å²) in [6.45, 7) is 0.636. The van der Waals surface area contributed by atoms with E-state index in [1.54, 1.807) is 0 Å². The molecule has 1 aliphatic carbocycles. The Kier molecular flexibility index (Phi) is 7.87. The second kappa shape index (κ2) is 11.8. The number of benzene rings is 3. The topological polar surface area (TPSA) is 91.4 Å². The van der Waals surface area contributed by atoms with E-state index in [1.165, 1.54) is 0 Å². The molecule has 1 heterocycles. The lowest BCUT2D eigenvalue weighted by Gasteiger charge is -2.29. The van der Waals surface area contributed by atoms with Crippen LogP contribution in [0.3, 0.4) is 0 Å². The van der Waals surface area contributed by atoms with Crippen LogP contribution in [0, 0.1) is 5.92 Å². The molecule has 2 amide bonds. The zero-order valence-corrected chi connectivity index (χ0v) is 21.9. The van der Waals surface area contributed by atoms with Gasteiger partial charge in [-0.1, -0.05) is 42.5 Å². The molecule has 1 fully saturated rings. The Balaban J connectivity index is 1.11. The van der Waals surface area contributed by atoms with Crippen LogP contribution < -0.4 is 25.6 Å². The Hall–Kier alpha value is -4.33. The number of urea groups is 1. The maximum Gasteiger partial charge on any atom is 0.319 e. The molecule has 0 atom stereocenters. The van der Waals surface area contributed by atoms with E-state index < -0.39 is 0 Å². The Morgan fingerprint density at radius 1 is 0.895 bits per heavy atom. The van der Waals surface area contributed by atoms with Crippen LogP contribution in [0.5, 0.6) is 11.5 Å². The van der Waals surface area contributed by atoms with Gasteiger partial charge in [-0.05, 0) is 68.0 Å². The number of nitrogens with one attached hydrogen (secondary N) is 3. The molecule has 0 unspecified atom stereocenters. The largest absolute Gasteiger partial charge is 0.455 e. The predicted octanol–water partition coefficient (Wildman–Crippen LogP) is 6.28. The fourth-order valence-corrected chi connectivity index (χ4v) is 4.84. The standard InChI is InChI=1S/C30H34N6O2/c1-36(2)28-24-12-6-7-13-25(24)33-29(35-28)32-22-18-16-21(17-19-22)20-31-30(37)34-26-14-8-9-15-27(26)38-23-10-4-3-5-11-23/h3-15,21-22H,16-20H2,1-2H3,(H2,31,34,37)(H,32,33,35)/t21-,22+. The van der Waals surface area contributed by atoms with Crippen molar-refractivity contribution in [2.24, 2.45) is 5.92 Å². The molecule has 3 aromatic carbocycles. The van der Waals surface area contributed by atoms with Crippen molar-refractivity contribution in [2.45, 2.75) is 31.7 Å². The first-order chi connectivity index (χ1) is 18.5. The molecule has 0 aliphatic heterocycles. The number of hydrogen-bond acceptors (Lipinski definition) is 6. The molecule has 0 bridgehead atoms. The van der Waals surface area contributed by atoms with Gasteiger partial charge in [-0.15, -0.1) is 0 Å². The van der Waals surface area contributed by atoms with E-state index >= 15 is 0 Å². The van der Waals surface area contributed by atoms with E-state index in [2.05, 4.69) is 22.0 Å². The zero-order valence-electron chi connectivity index (χ0n) is 21.9. The van der Waals surface area contributed by atoms with Gasteiger partial charge < -0.3 is 25.6 Å². The third kappa shape index (κ3) is 6.32. The SMILES string of the molecule is CN(C)c1nc(N[C@H]2CC[C@@H](CNC(=O)Nc3ccccc3Oc3ccccc3)CC2)nc2ccccc12. The van der Waals surface area contributed by atoms with E-state index in [4.69, 9.17) is 14.7 Å². The van der Waals surface area contributed by atoms with Crippen molar-refractivity contribution >= 4 is 34.4 Å². The van der Waals surface area contributed by atoms with Gasteiger partial charge in [0.15, 0.2) is 5.75 Å². The van der Waals surface area contributed by atoms with E-state index in [1.807, 2.05) is 91.8 Å². The summed E-state index contributed by atoms with van der Waals surface area (Å²) in [5.74, 6) is 3.35. The lowest BCUT2D eigenvalue weighted by Crippen LogP contribution is -2.36. The highest BCUT2D eigenvalue weighted by atomic mass is 16.5. The first-order valence-corrected chi connectivity index (χ1v) is 13.1. The molecule has 196 valence electrons. The molecule has 0 radical (unpaired) electrons. The fourth-order valence-electron chi connectivity index (χ4n) is 4.84. The van der Waals surface area contributed by atoms with Gasteiger partial charge in [0.25, 0.3) is 0 Å². The van der Waals surface area contributed by atoms with Crippen molar-refractivity contribution in [1.29, 1.82) is 0 Å². The lowest BCUT2D eigenvalue weighted by atomic mass is 9.86. The average Bonchev–Trinajstić information content (AvgIpc) is 2.94. The third-order valence-electron chi connectivity index (χ3n) is 6.84. The van der Waals surface area contributed by atoms with E-state index in [9.17, 15) is 4.79 Å². The number of aromatic nitrogens is 2. The number of nitrogens with zero attached hydrogens (tertiary/aromatic N) is 3. The number of ether oxygens (including phenoxy) is 1. The van der Waals surface area contributed by atoms with Gasteiger partial charge in [-0.3, -0.25) is 0 Å². The minimum atomic E-state index is -0.227. The molecule has 8 nitrogen and oxygen atoms in total. The number of carbonyl (C=O) groups excluding carboxylic acids is 1. The molecule has 1 saturated carbocycles. The first-order valence-electron chi connectivity index (χ1n) is 13.1. The summed E-state index contributed by atoms with van der Waals surface area (Å²) in [5.41, 5.74) is 1.57. The number of fused-ring (bicyclic) bond motifs is 1. The predicted molar refractivity (Wildman–Crippen MR) is 153 cm³/mol. The van der Waals surface area contributed by atoms with Crippen molar-refractivity contribution in [3.05, 3.63) is 78.9 Å². The summed E-state index contributed by atoms with van der Waals surface area (Å²) in [4.78, 5) is 24.2. The van der Waals surface area contributed by atoms with Crippen LogP contribution in [-0.2, 0) is 0 Å². The fraction of sp³-hybridized carbons (Fsp3) is 0.300. The smallest absolute Gasteiger partial charge is 0.319 e. The van der Waals surface area contributed by atoms with Crippen LogP contribution in [0.4, 0.5) is 22.2 Å². The zero-order chi connectivity index (χ0) is 26.3. The quantitative estimate of drug-likeness (QED) is 0.258. The molecule has 4 aromatic rings. The minimum absolute atomic E-state index is 0.227. The number of para-hydroxylation sites is 4. The van der Waals surface area contributed by atoms with Crippen LogP contribution in [0.1, 0.15) is 25.7 Å². The molecule has 0 saturated heterocycles. The number of amides is 2. The number of rotatable bonds is 8. The molecule has 3 N–H and O–H groups in total. The van der Waals surface area contributed by atoms with Crippen LogP contribution in [-0.4, -0.2) is 42.7 Å². The molecular weight excluding hydrogens is 476 g/mol. The Bertz CT molecular complexity index is 1370. The van der Waals surface area contributed by atoms with Crippen LogP contribution in [0.25, 0.3) is 10.9 Å². The van der Waals surface area contributed by atoms with Crippen molar-refractivity contribution in [3.63, 3.8) is 0 Å². The monoisotopic (exact) mass is 510 g/mol. The number of hydrogen-bond donors (Lipinski definition) is 3. The van der Waals surface area contributed by atoms with Crippen molar-refractivity contribution in [2.75, 3.05) is 36.2 Å². The maximum atomic E-state index is 12.6. The van der Waals surface area contributed by atoms with Crippen LogP contribution in [0.2, 0.25) is 0 Å². The summed E-state index contributed by atoms with van der Waals surface area (Å²) in [6.07, 6.45) is 4.07. The second-order valence-corrected chi connectivity index (χ2v) is 9.89.